The third-order valence-corrected chi connectivity index (χ3v) is 5.42. The Hall–Kier alpha value is -3.51. The van der Waals surface area contributed by atoms with Crippen LogP contribution in [0.5, 0.6) is 0 Å². The van der Waals surface area contributed by atoms with E-state index in [4.69, 9.17) is 0 Å². The summed E-state index contributed by atoms with van der Waals surface area (Å²) in [6.07, 6.45) is 0. The van der Waals surface area contributed by atoms with Crippen molar-refractivity contribution in [3.05, 3.63) is 90.2 Å². The van der Waals surface area contributed by atoms with Gasteiger partial charge in [-0.2, -0.15) is 0 Å². The number of carbonyl (C=O) groups excluding carboxylic acids is 2. The lowest BCUT2D eigenvalue weighted by molar-refractivity contribution is -0.117. The first-order valence-corrected chi connectivity index (χ1v) is 10.3. The van der Waals surface area contributed by atoms with Crippen LogP contribution < -0.4 is 5.32 Å². The van der Waals surface area contributed by atoms with Crippen LogP contribution in [0.15, 0.2) is 78.9 Å². The van der Waals surface area contributed by atoms with Crippen molar-refractivity contribution >= 4 is 17.5 Å². The van der Waals surface area contributed by atoms with Crippen LogP contribution in [-0.4, -0.2) is 54.3 Å². The van der Waals surface area contributed by atoms with Crippen LogP contribution in [0.2, 0.25) is 0 Å². The molecule has 0 spiro atoms. The molecule has 6 heteroatoms. The lowest BCUT2D eigenvalue weighted by Crippen LogP contribution is -2.50. The van der Waals surface area contributed by atoms with Gasteiger partial charge >= 0.3 is 0 Å². The fourth-order valence-corrected chi connectivity index (χ4v) is 3.77. The highest BCUT2D eigenvalue weighted by Crippen LogP contribution is 2.27. The molecule has 158 valence electrons. The van der Waals surface area contributed by atoms with Crippen molar-refractivity contribution in [3.63, 3.8) is 0 Å². The van der Waals surface area contributed by atoms with Crippen LogP contribution >= 0.6 is 0 Å². The van der Waals surface area contributed by atoms with E-state index >= 15 is 0 Å². The summed E-state index contributed by atoms with van der Waals surface area (Å²) < 4.78 is 13.9. The summed E-state index contributed by atoms with van der Waals surface area (Å²) in [4.78, 5) is 28.9. The molecule has 5 nitrogen and oxygen atoms in total. The second-order valence-electron chi connectivity index (χ2n) is 7.51. The Bertz CT molecular complexity index is 1060. The fourth-order valence-electron chi connectivity index (χ4n) is 3.77. The van der Waals surface area contributed by atoms with Gasteiger partial charge in [-0.25, -0.2) is 4.39 Å². The maximum absolute atomic E-state index is 13.9. The van der Waals surface area contributed by atoms with E-state index < -0.39 is 5.82 Å². The molecule has 1 heterocycles. The minimum absolute atomic E-state index is 0.0891. The van der Waals surface area contributed by atoms with Gasteiger partial charge in [0.2, 0.25) is 5.91 Å². The van der Waals surface area contributed by atoms with E-state index in [0.717, 1.165) is 16.8 Å². The molecule has 0 bridgehead atoms. The smallest absolute Gasteiger partial charge is 0.256 e. The first-order valence-electron chi connectivity index (χ1n) is 10.3. The highest BCUT2D eigenvalue weighted by Gasteiger charge is 2.25. The monoisotopic (exact) mass is 417 g/mol. The molecule has 0 atom stereocenters. The number of nitrogens with zero attached hydrogens (tertiary/aromatic N) is 2. The Morgan fingerprint density at radius 1 is 0.806 bits per heavy atom. The second kappa shape index (κ2) is 9.53. The molecular weight excluding hydrogens is 393 g/mol. The number of halogens is 1. The van der Waals surface area contributed by atoms with E-state index in [2.05, 4.69) is 5.32 Å². The van der Waals surface area contributed by atoms with Crippen LogP contribution in [-0.2, 0) is 4.79 Å². The number of hydrogen-bond donors (Lipinski definition) is 1. The zero-order chi connectivity index (χ0) is 21.6. The summed E-state index contributed by atoms with van der Waals surface area (Å²) in [5, 5.41) is 3.01. The summed E-state index contributed by atoms with van der Waals surface area (Å²) >= 11 is 0. The molecular formula is C25H24FN3O2. The summed E-state index contributed by atoms with van der Waals surface area (Å²) in [6, 6.07) is 23.7. The molecule has 0 unspecified atom stereocenters. The lowest BCUT2D eigenvalue weighted by atomic mass is 10.0. The Labute approximate surface area is 181 Å². The number of hydrogen-bond acceptors (Lipinski definition) is 3. The Morgan fingerprint density at radius 3 is 2.19 bits per heavy atom. The van der Waals surface area contributed by atoms with Crippen molar-refractivity contribution < 1.29 is 14.0 Å². The number of amides is 2. The normalized spacial score (nSPS) is 14.3. The lowest BCUT2D eigenvalue weighted by Gasteiger charge is -2.34. The zero-order valence-electron chi connectivity index (χ0n) is 17.1. The van der Waals surface area contributed by atoms with E-state index in [1.807, 2.05) is 59.5 Å². The molecule has 1 aliphatic rings. The van der Waals surface area contributed by atoms with E-state index in [-0.39, 0.29) is 23.9 Å². The van der Waals surface area contributed by atoms with E-state index in [1.165, 1.54) is 12.1 Å². The fraction of sp³-hybridized carbons (Fsp3) is 0.200. The summed E-state index contributed by atoms with van der Waals surface area (Å²) in [5.74, 6) is -0.914. The van der Waals surface area contributed by atoms with Gasteiger partial charge in [0.25, 0.3) is 5.91 Å². The first-order chi connectivity index (χ1) is 15.1. The SMILES string of the molecule is O=C(CN1CCN(C(=O)c2ccccc2F)CC1)Nc1ccccc1-c1ccccc1. The quantitative estimate of drug-likeness (QED) is 0.685. The maximum Gasteiger partial charge on any atom is 0.256 e. The molecule has 0 aromatic heterocycles. The Balaban J connectivity index is 1.33. The summed E-state index contributed by atoms with van der Waals surface area (Å²) in [6.45, 7) is 2.29. The maximum atomic E-state index is 13.9. The molecule has 3 aromatic carbocycles. The number of rotatable bonds is 5. The van der Waals surface area contributed by atoms with Gasteiger partial charge in [-0.3, -0.25) is 14.5 Å². The zero-order valence-corrected chi connectivity index (χ0v) is 17.1. The average Bonchev–Trinajstić information content (AvgIpc) is 2.80. The largest absolute Gasteiger partial charge is 0.336 e. The Morgan fingerprint density at radius 2 is 1.45 bits per heavy atom. The third-order valence-electron chi connectivity index (χ3n) is 5.42. The average molecular weight is 417 g/mol. The third kappa shape index (κ3) is 4.98. The van der Waals surface area contributed by atoms with Crippen molar-refractivity contribution in [1.29, 1.82) is 0 Å². The topological polar surface area (TPSA) is 52.7 Å². The molecule has 1 saturated heterocycles. The minimum atomic E-state index is -0.508. The van der Waals surface area contributed by atoms with Crippen molar-refractivity contribution in [2.45, 2.75) is 0 Å². The van der Waals surface area contributed by atoms with Gasteiger partial charge in [-0.1, -0.05) is 60.7 Å². The molecule has 4 rings (SSSR count). The van der Waals surface area contributed by atoms with Crippen molar-refractivity contribution in [1.82, 2.24) is 9.80 Å². The van der Waals surface area contributed by atoms with Gasteiger partial charge in [-0.05, 0) is 23.8 Å². The second-order valence-corrected chi connectivity index (χ2v) is 7.51. The van der Waals surface area contributed by atoms with Gasteiger partial charge in [0.1, 0.15) is 5.82 Å². The number of nitrogens with one attached hydrogen (secondary N) is 1. The standard InChI is InChI=1S/C25H24FN3O2/c26-22-12-6-4-11-21(22)25(31)29-16-14-28(15-17-29)18-24(30)27-23-13-7-5-10-20(23)19-8-2-1-3-9-19/h1-13H,14-18H2,(H,27,30). The molecule has 2 amide bonds. The van der Waals surface area contributed by atoms with E-state index in [9.17, 15) is 14.0 Å². The van der Waals surface area contributed by atoms with Crippen LogP contribution in [0.1, 0.15) is 10.4 Å². The summed E-state index contributed by atoms with van der Waals surface area (Å²) in [5.41, 5.74) is 2.87. The van der Waals surface area contributed by atoms with Crippen LogP contribution in [0.4, 0.5) is 10.1 Å². The minimum Gasteiger partial charge on any atom is -0.336 e. The van der Waals surface area contributed by atoms with Crippen LogP contribution in [0.3, 0.4) is 0 Å². The van der Waals surface area contributed by atoms with Crippen molar-refractivity contribution in [2.24, 2.45) is 0 Å². The van der Waals surface area contributed by atoms with Gasteiger partial charge < -0.3 is 10.2 Å². The highest BCUT2D eigenvalue weighted by molar-refractivity contribution is 5.97. The predicted molar refractivity (Wildman–Crippen MR) is 119 cm³/mol. The van der Waals surface area contributed by atoms with Crippen molar-refractivity contribution in [2.75, 3.05) is 38.0 Å². The summed E-state index contributed by atoms with van der Waals surface area (Å²) in [7, 11) is 0. The molecule has 0 saturated carbocycles. The molecule has 1 N–H and O–H groups in total. The number of piperazine rings is 1. The number of carbonyl (C=O) groups is 2. The van der Waals surface area contributed by atoms with Gasteiger partial charge in [0.05, 0.1) is 12.1 Å². The van der Waals surface area contributed by atoms with Gasteiger partial charge in [0, 0.05) is 37.4 Å². The highest BCUT2D eigenvalue weighted by atomic mass is 19.1. The molecule has 1 fully saturated rings. The van der Waals surface area contributed by atoms with Crippen LogP contribution in [0, 0.1) is 5.82 Å². The Kier molecular flexibility index (Phi) is 6.38. The number of benzene rings is 3. The first kappa shape index (κ1) is 20.8. The molecule has 0 aliphatic carbocycles. The van der Waals surface area contributed by atoms with Gasteiger partial charge in [0.15, 0.2) is 0 Å². The van der Waals surface area contributed by atoms with Gasteiger partial charge in [-0.15, -0.1) is 0 Å². The molecule has 1 aliphatic heterocycles. The number of para-hydroxylation sites is 1. The van der Waals surface area contributed by atoms with Crippen molar-refractivity contribution in [3.8, 4) is 11.1 Å². The molecule has 31 heavy (non-hydrogen) atoms. The predicted octanol–water partition coefficient (Wildman–Crippen LogP) is 3.89. The number of anilines is 1. The van der Waals surface area contributed by atoms with E-state index in [0.29, 0.717) is 26.2 Å². The van der Waals surface area contributed by atoms with Crippen LogP contribution in [0.25, 0.3) is 11.1 Å². The van der Waals surface area contributed by atoms with E-state index in [1.54, 1.807) is 17.0 Å². The molecule has 3 aromatic rings. The molecule has 0 radical (unpaired) electrons.